The van der Waals surface area contributed by atoms with Crippen LogP contribution in [0.2, 0.25) is 0 Å². The molecule has 3 N–H and O–H groups in total. The molecule has 0 spiro atoms. The van der Waals surface area contributed by atoms with Crippen LogP contribution in [0.3, 0.4) is 0 Å². The quantitative estimate of drug-likeness (QED) is 0.601. The van der Waals surface area contributed by atoms with Crippen molar-refractivity contribution in [1.29, 1.82) is 0 Å². The Morgan fingerprint density at radius 3 is 2.32 bits per heavy atom. The van der Waals surface area contributed by atoms with E-state index in [1.807, 2.05) is 19.2 Å². The molecule has 2 aromatic rings. The van der Waals surface area contributed by atoms with E-state index >= 15 is 0 Å². The summed E-state index contributed by atoms with van der Waals surface area (Å²) in [5.41, 5.74) is 1.23. The van der Waals surface area contributed by atoms with E-state index < -0.39 is 22.0 Å². The molecule has 0 unspecified atom stereocenters. The van der Waals surface area contributed by atoms with Gasteiger partial charge in [0.25, 0.3) is 0 Å². The number of carbonyl (C=O) groups excluding carboxylic acids is 2. The lowest BCUT2D eigenvalue weighted by atomic mass is 10.2. The lowest BCUT2D eigenvalue weighted by Gasteiger charge is -2.14. The highest BCUT2D eigenvalue weighted by atomic mass is 32.2. The maximum atomic E-state index is 12.4. The molecule has 0 aliphatic rings. The summed E-state index contributed by atoms with van der Waals surface area (Å²) in [5.74, 6) is -0.380. The third-order valence-corrected chi connectivity index (χ3v) is 6.47. The third kappa shape index (κ3) is 6.11. The summed E-state index contributed by atoms with van der Waals surface area (Å²) in [7, 11) is -3.88. The van der Waals surface area contributed by atoms with Crippen molar-refractivity contribution in [3.63, 3.8) is 0 Å². The fourth-order valence-corrected chi connectivity index (χ4v) is 4.31. The predicted molar refractivity (Wildman–Crippen MR) is 109 cm³/mol. The van der Waals surface area contributed by atoms with Crippen LogP contribution in [0.25, 0.3) is 0 Å². The molecular formula is C18H24N4O4S2. The van der Waals surface area contributed by atoms with Crippen LogP contribution < -0.4 is 15.4 Å². The highest BCUT2D eigenvalue weighted by Crippen LogP contribution is 2.19. The number of benzene rings is 1. The van der Waals surface area contributed by atoms with Crippen molar-refractivity contribution >= 4 is 38.9 Å². The van der Waals surface area contributed by atoms with E-state index in [4.69, 9.17) is 0 Å². The Morgan fingerprint density at radius 2 is 1.79 bits per heavy atom. The zero-order valence-electron chi connectivity index (χ0n) is 16.1. The highest BCUT2D eigenvalue weighted by Gasteiger charge is 2.22. The first-order valence-corrected chi connectivity index (χ1v) is 11.1. The molecule has 1 aromatic carbocycles. The molecule has 0 saturated carbocycles. The maximum absolute atomic E-state index is 12.4. The van der Waals surface area contributed by atoms with Crippen molar-refractivity contribution < 1.29 is 18.0 Å². The minimum atomic E-state index is -3.88. The van der Waals surface area contributed by atoms with E-state index in [0.29, 0.717) is 11.6 Å². The van der Waals surface area contributed by atoms with Crippen molar-refractivity contribution in [3.05, 3.63) is 40.3 Å². The Hall–Kier alpha value is -2.30. The van der Waals surface area contributed by atoms with Crippen LogP contribution in [0.15, 0.2) is 34.5 Å². The van der Waals surface area contributed by atoms with E-state index in [1.54, 1.807) is 0 Å². The number of carbonyl (C=O) groups is 2. The second kappa shape index (κ2) is 9.26. The number of nitrogens with zero attached hydrogens (tertiary/aromatic N) is 1. The first kappa shape index (κ1) is 22.0. The minimum absolute atomic E-state index is 0.00216. The normalized spacial score (nSPS) is 12.6. The number of aromatic nitrogens is 1. The lowest BCUT2D eigenvalue weighted by molar-refractivity contribution is -0.122. The van der Waals surface area contributed by atoms with Gasteiger partial charge in [0, 0.05) is 23.9 Å². The largest absolute Gasteiger partial charge is 0.349 e. The average Bonchev–Trinajstić information content (AvgIpc) is 3.08. The summed E-state index contributed by atoms with van der Waals surface area (Å²) >= 11 is 1.53. The van der Waals surface area contributed by atoms with Gasteiger partial charge >= 0.3 is 0 Å². The first-order chi connectivity index (χ1) is 13.1. The molecule has 28 heavy (non-hydrogen) atoms. The number of rotatable bonds is 8. The molecule has 0 aliphatic carbocycles. The van der Waals surface area contributed by atoms with Gasteiger partial charge in [-0.25, -0.2) is 13.4 Å². The second-order valence-corrected chi connectivity index (χ2v) is 9.20. The second-order valence-electron chi connectivity index (χ2n) is 6.60. The number of amides is 2. The molecule has 1 aromatic heterocycles. The monoisotopic (exact) mass is 424 g/mol. The zero-order valence-corrected chi connectivity index (χ0v) is 17.8. The summed E-state index contributed by atoms with van der Waals surface area (Å²) in [6, 6.07) is 4.73. The van der Waals surface area contributed by atoms with Crippen molar-refractivity contribution in [1.82, 2.24) is 15.0 Å². The molecule has 2 amide bonds. The van der Waals surface area contributed by atoms with Crippen LogP contribution >= 0.6 is 11.3 Å². The molecule has 0 fully saturated rings. The van der Waals surface area contributed by atoms with E-state index in [0.717, 1.165) is 10.7 Å². The van der Waals surface area contributed by atoms with Crippen LogP contribution in [-0.2, 0) is 26.2 Å². The van der Waals surface area contributed by atoms with Gasteiger partial charge in [-0.05, 0) is 31.2 Å². The summed E-state index contributed by atoms with van der Waals surface area (Å²) in [6.45, 7) is 7.15. The van der Waals surface area contributed by atoms with E-state index in [9.17, 15) is 18.0 Å². The van der Waals surface area contributed by atoms with E-state index in [-0.39, 0.29) is 17.3 Å². The number of nitrogens with one attached hydrogen (secondary N) is 3. The Balaban J connectivity index is 1.94. The van der Waals surface area contributed by atoms with Gasteiger partial charge in [0.2, 0.25) is 21.8 Å². The van der Waals surface area contributed by atoms with E-state index in [1.165, 1.54) is 49.4 Å². The number of thiazole rings is 1. The highest BCUT2D eigenvalue weighted by molar-refractivity contribution is 7.89. The van der Waals surface area contributed by atoms with Gasteiger partial charge in [0.05, 0.1) is 28.2 Å². The lowest BCUT2D eigenvalue weighted by Crippen LogP contribution is -2.44. The van der Waals surface area contributed by atoms with Crippen molar-refractivity contribution in [3.8, 4) is 0 Å². The van der Waals surface area contributed by atoms with Gasteiger partial charge in [-0.15, -0.1) is 11.3 Å². The Bertz CT molecular complexity index is 937. The first-order valence-electron chi connectivity index (χ1n) is 8.70. The van der Waals surface area contributed by atoms with Gasteiger partial charge in [-0.1, -0.05) is 13.8 Å². The van der Waals surface area contributed by atoms with Crippen molar-refractivity contribution in [2.75, 3.05) is 5.32 Å². The number of hydrogen-bond donors (Lipinski definition) is 3. The fourth-order valence-electron chi connectivity index (χ4n) is 2.27. The van der Waals surface area contributed by atoms with Gasteiger partial charge in [0.1, 0.15) is 0 Å². The molecule has 10 heteroatoms. The van der Waals surface area contributed by atoms with Crippen LogP contribution in [0.5, 0.6) is 0 Å². The Kier molecular flexibility index (Phi) is 7.28. The third-order valence-electron chi connectivity index (χ3n) is 3.72. The summed E-state index contributed by atoms with van der Waals surface area (Å²) in [5, 5.41) is 8.11. The van der Waals surface area contributed by atoms with Crippen LogP contribution in [-0.4, -0.2) is 31.3 Å². The summed E-state index contributed by atoms with van der Waals surface area (Å²) in [6.07, 6.45) is 0. The van der Waals surface area contributed by atoms with Crippen LogP contribution in [0.1, 0.15) is 44.3 Å². The standard InChI is InChI=1S/C18H24N4O4S2/c1-11(2)18-21-15(10-27-18)9-19-17(24)12(3)22-28(25,26)16-7-5-14(6-8-16)20-13(4)23/h5-8,10-12,22H,9H2,1-4H3,(H,19,24)(H,20,23)/t12-/m0/s1. The van der Waals surface area contributed by atoms with Crippen molar-refractivity contribution in [2.24, 2.45) is 0 Å². The smallest absolute Gasteiger partial charge is 0.241 e. The molecule has 1 atom stereocenters. The SMILES string of the molecule is CC(=O)Nc1ccc(S(=O)(=O)N[C@@H](C)C(=O)NCc2csc(C(C)C)n2)cc1. The Labute approximate surface area is 168 Å². The molecule has 0 saturated heterocycles. The molecule has 2 rings (SSSR count). The maximum Gasteiger partial charge on any atom is 0.241 e. The van der Waals surface area contributed by atoms with E-state index in [2.05, 4.69) is 20.3 Å². The summed E-state index contributed by atoms with van der Waals surface area (Å²) < 4.78 is 27.2. The minimum Gasteiger partial charge on any atom is -0.349 e. The topological polar surface area (TPSA) is 117 Å². The molecule has 0 aliphatic heterocycles. The predicted octanol–water partition coefficient (Wildman–Crippen LogP) is 2.21. The zero-order chi connectivity index (χ0) is 20.9. The number of anilines is 1. The van der Waals surface area contributed by atoms with Gasteiger partial charge in [-0.2, -0.15) is 4.72 Å². The van der Waals surface area contributed by atoms with Crippen molar-refractivity contribution in [2.45, 2.75) is 51.1 Å². The van der Waals surface area contributed by atoms with Gasteiger partial charge in [-0.3, -0.25) is 9.59 Å². The number of sulfonamides is 1. The molecule has 8 nitrogen and oxygen atoms in total. The molecule has 152 valence electrons. The fraction of sp³-hybridized carbons (Fsp3) is 0.389. The molecule has 0 bridgehead atoms. The van der Waals surface area contributed by atoms with Gasteiger partial charge in [0.15, 0.2) is 0 Å². The Morgan fingerprint density at radius 1 is 1.14 bits per heavy atom. The molecular weight excluding hydrogens is 400 g/mol. The van der Waals surface area contributed by atoms with Crippen LogP contribution in [0.4, 0.5) is 5.69 Å². The molecule has 1 heterocycles. The summed E-state index contributed by atoms with van der Waals surface area (Å²) in [4.78, 5) is 27.7. The van der Waals surface area contributed by atoms with Crippen LogP contribution in [0, 0.1) is 0 Å². The van der Waals surface area contributed by atoms with Gasteiger partial charge < -0.3 is 10.6 Å². The number of hydrogen-bond acceptors (Lipinski definition) is 6. The average molecular weight is 425 g/mol. The molecule has 0 radical (unpaired) electrons.